The molecule has 5 rings (SSSR count). The first-order valence-electron chi connectivity index (χ1n) is 11.9. The second-order valence-corrected chi connectivity index (χ2v) is 10.9. The number of sulfonamides is 1. The van der Waals surface area contributed by atoms with Crippen LogP contribution in [-0.2, 0) is 10.0 Å². The van der Waals surface area contributed by atoms with Crippen molar-refractivity contribution in [2.24, 2.45) is 0 Å². The number of hydrogen-bond donors (Lipinski definition) is 2. The standard InChI is InChI=1S/C28H24ClN3O4S/c1-2-3-17-32-25-16-15-24(22-5-4-6-23(26(22)25)28(32)34)30-27(33)18-7-11-20(12-8-18)31-37(35,36)21-13-9-19(29)10-14-21/h4-16,31H,2-3,17H2,1H3,(H,30,33). The number of halogens is 1. The van der Waals surface area contributed by atoms with Gasteiger partial charge in [-0.2, -0.15) is 0 Å². The Morgan fingerprint density at radius 2 is 1.68 bits per heavy atom. The van der Waals surface area contributed by atoms with Crippen LogP contribution >= 0.6 is 11.6 Å². The van der Waals surface area contributed by atoms with Crippen LogP contribution in [0.3, 0.4) is 0 Å². The van der Waals surface area contributed by atoms with Gasteiger partial charge in [0.15, 0.2) is 0 Å². The number of unbranched alkanes of at least 4 members (excludes halogenated alkanes) is 1. The van der Waals surface area contributed by atoms with Gasteiger partial charge in [0.1, 0.15) is 0 Å². The zero-order chi connectivity index (χ0) is 26.2. The third-order valence-corrected chi connectivity index (χ3v) is 7.94. The molecular formula is C28H24ClN3O4S. The Labute approximate surface area is 220 Å². The molecule has 0 bridgehead atoms. The van der Waals surface area contributed by atoms with Crippen LogP contribution in [0.2, 0.25) is 5.02 Å². The molecule has 37 heavy (non-hydrogen) atoms. The minimum absolute atomic E-state index is 0.0193. The van der Waals surface area contributed by atoms with Gasteiger partial charge in [-0.05, 0) is 73.2 Å². The highest BCUT2D eigenvalue weighted by Gasteiger charge is 2.30. The predicted octanol–water partition coefficient (Wildman–Crippen LogP) is 6.31. The number of carbonyl (C=O) groups excluding carboxylic acids is 2. The number of rotatable bonds is 8. The van der Waals surface area contributed by atoms with Crippen molar-refractivity contribution in [2.75, 3.05) is 21.5 Å². The van der Waals surface area contributed by atoms with E-state index in [0.717, 1.165) is 29.3 Å². The number of amides is 2. The van der Waals surface area contributed by atoms with Crippen molar-refractivity contribution in [2.45, 2.75) is 24.7 Å². The van der Waals surface area contributed by atoms with Gasteiger partial charge in [-0.3, -0.25) is 14.3 Å². The first-order chi connectivity index (χ1) is 17.8. The summed E-state index contributed by atoms with van der Waals surface area (Å²) in [5.41, 5.74) is 2.78. The molecule has 0 spiro atoms. The van der Waals surface area contributed by atoms with E-state index < -0.39 is 10.0 Å². The van der Waals surface area contributed by atoms with Crippen LogP contribution in [0.25, 0.3) is 10.8 Å². The van der Waals surface area contributed by atoms with E-state index in [2.05, 4.69) is 17.0 Å². The first kappa shape index (κ1) is 24.8. The molecule has 2 amide bonds. The van der Waals surface area contributed by atoms with E-state index >= 15 is 0 Å². The molecule has 4 aromatic rings. The van der Waals surface area contributed by atoms with Crippen LogP contribution in [0.5, 0.6) is 0 Å². The van der Waals surface area contributed by atoms with Gasteiger partial charge in [0.2, 0.25) is 0 Å². The number of nitrogens with zero attached hydrogens (tertiary/aromatic N) is 1. The molecule has 0 aromatic heterocycles. The summed E-state index contributed by atoms with van der Waals surface area (Å²) >= 11 is 5.84. The lowest BCUT2D eigenvalue weighted by atomic mass is 10.0. The molecule has 1 heterocycles. The van der Waals surface area contributed by atoms with E-state index in [0.29, 0.717) is 34.1 Å². The maximum atomic E-state index is 13.0. The van der Waals surface area contributed by atoms with Gasteiger partial charge in [-0.15, -0.1) is 0 Å². The van der Waals surface area contributed by atoms with Crippen LogP contribution in [-0.4, -0.2) is 26.8 Å². The van der Waals surface area contributed by atoms with Gasteiger partial charge in [0, 0.05) is 44.8 Å². The van der Waals surface area contributed by atoms with Crippen molar-refractivity contribution < 1.29 is 18.0 Å². The Morgan fingerprint density at radius 3 is 2.38 bits per heavy atom. The molecule has 0 fully saturated rings. The third kappa shape index (κ3) is 4.77. The van der Waals surface area contributed by atoms with Crippen molar-refractivity contribution in [1.82, 2.24) is 0 Å². The molecule has 7 nitrogen and oxygen atoms in total. The third-order valence-electron chi connectivity index (χ3n) is 6.29. The molecule has 2 N–H and O–H groups in total. The monoisotopic (exact) mass is 533 g/mol. The second-order valence-electron chi connectivity index (χ2n) is 8.76. The molecule has 0 unspecified atom stereocenters. The van der Waals surface area contributed by atoms with Gasteiger partial charge < -0.3 is 10.2 Å². The Kier molecular flexibility index (Phi) is 6.62. The van der Waals surface area contributed by atoms with E-state index in [9.17, 15) is 18.0 Å². The number of carbonyl (C=O) groups is 2. The van der Waals surface area contributed by atoms with Crippen molar-refractivity contribution in [3.63, 3.8) is 0 Å². The fourth-order valence-corrected chi connectivity index (χ4v) is 5.59. The molecular weight excluding hydrogens is 510 g/mol. The van der Waals surface area contributed by atoms with Crippen molar-refractivity contribution >= 4 is 61.3 Å². The van der Waals surface area contributed by atoms with Crippen LogP contribution in [0.1, 0.15) is 40.5 Å². The largest absolute Gasteiger partial charge is 0.321 e. The fraction of sp³-hybridized carbons (Fsp3) is 0.143. The van der Waals surface area contributed by atoms with Crippen LogP contribution < -0.4 is 14.9 Å². The average molecular weight is 534 g/mol. The average Bonchev–Trinajstić information content (AvgIpc) is 3.16. The molecule has 0 saturated carbocycles. The summed E-state index contributed by atoms with van der Waals surface area (Å²) in [4.78, 5) is 27.9. The maximum Gasteiger partial charge on any atom is 0.261 e. The molecule has 1 aliphatic heterocycles. The molecule has 188 valence electrons. The van der Waals surface area contributed by atoms with Gasteiger partial charge in [0.25, 0.3) is 21.8 Å². The first-order valence-corrected chi connectivity index (χ1v) is 13.7. The normalized spacial score (nSPS) is 12.7. The fourth-order valence-electron chi connectivity index (χ4n) is 4.41. The van der Waals surface area contributed by atoms with E-state index in [4.69, 9.17) is 11.6 Å². The quantitative estimate of drug-likeness (QED) is 0.277. The van der Waals surface area contributed by atoms with Crippen LogP contribution in [0.15, 0.2) is 83.8 Å². The SMILES string of the molecule is CCCCN1C(=O)c2cccc3c(NC(=O)c4ccc(NS(=O)(=O)c5ccc(Cl)cc5)cc4)ccc1c23. The Balaban J connectivity index is 1.35. The highest BCUT2D eigenvalue weighted by Crippen LogP contribution is 2.40. The van der Waals surface area contributed by atoms with Crippen molar-refractivity contribution in [3.8, 4) is 0 Å². The van der Waals surface area contributed by atoms with Crippen LogP contribution in [0.4, 0.5) is 17.1 Å². The lowest BCUT2D eigenvalue weighted by molar-refractivity contribution is 0.0991. The zero-order valence-electron chi connectivity index (χ0n) is 20.0. The van der Waals surface area contributed by atoms with Crippen molar-refractivity contribution in [3.05, 3.63) is 95.0 Å². The maximum absolute atomic E-state index is 13.0. The minimum Gasteiger partial charge on any atom is -0.321 e. The van der Waals surface area contributed by atoms with E-state index in [1.165, 1.54) is 36.4 Å². The summed E-state index contributed by atoms with van der Waals surface area (Å²) in [5.74, 6) is -0.367. The van der Waals surface area contributed by atoms with E-state index in [-0.39, 0.29) is 16.7 Å². The highest BCUT2D eigenvalue weighted by atomic mass is 35.5. The van der Waals surface area contributed by atoms with Gasteiger partial charge >= 0.3 is 0 Å². The molecule has 1 aliphatic rings. The molecule has 0 atom stereocenters. The summed E-state index contributed by atoms with van der Waals surface area (Å²) in [6.07, 6.45) is 1.89. The second kappa shape index (κ2) is 9.88. The molecule has 0 aliphatic carbocycles. The predicted molar refractivity (Wildman–Crippen MR) is 147 cm³/mol. The summed E-state index contributed by atoms with van der Waals surface area (Å²) in [6, 6.07) is 21.2. The smallest absolute Gasteiger partial charge is 0.261 e. The summed E-state index contributed by atoms with van der Waals surface area (Å²) < 4.78 is 27.7. The summed E-state index contributed by atoms with van der Waals surface area (Å²) in [5, 5.41) is 5.01. The topological polar surface area (TPSA) is 95.6 Å². The van der Waals surface area contributed by atoms with Gasteiger partial charge in [-0.1, -0.05) is 37.1 Å². The Bertz CT molecular complexity index is 1620. The molecule has 0 radical (unpaired) electrons. The highest BCUT2D eigenvalue weighted by molar-refractivity contribution is 7.92. The number of anilines is 3. The van der Waals surface area contributed by atoms with Crippen LogP contribution in [0, 0.1) is 0 Å². The Hall–Kier alpha value is -3.88. The number of benzene rings is 4. The van der Waals surface area contributed by atoms with Crippen molar-refractivity contribution in [1.29, 1.82) is 0 Å². The van der Waals surface area contributed by atoms with E-state index in [1.807, 2.05) is 30.3 Å². The number of nitrogens with one attached hydrogen (secondary N) is 2. The van der Waals surface area contributed by atoms with Gasteiger partial charge in [-0.25, -0.2) is 8.42 Å². The lowest BCUT2D eigenvalue weighted by Crippen LogP contribution is -2.27. The molecule has 0 saturated heterocycles. The zero-order valence-corrected chi connectivity index (χ0v) is 21.6. The molecule has 9 heteroatoms. The summed E-state index contributed by atoms with van der Waals surface area (Å²) in [7, 11) is -3.79. The van der Waals surface area contributed by atoms with E-state index in [1.54, 1.807) is 17.0 Å². The number of hydrogen-bond acceptors (Lipinski definition) is 4. The van der Waals surface area contributed by atoms with Gasteiger partial charge in [0.05, 0.1) is 10.6 Å². The summed E-state index contributed by atoms with van der Waals surface area (Å²) in [6.45, 7) is 2.74. The Morgan fingerprint density at radius 1 is 0.946 bits per heavy atom. The molecule has 4 aromatic carbocycles. The lowest BCUT2D eigenvalue weighted by Gasteiger charge is -2.17. The minimum atomic E-state index is -3.79.